The van der Waals surface area contributed by atoms with Gasteiger partial charge >= 0.3 is 12.0 Å². The Morgan fingerprint density at radius 3 is 2.40 bits per heavy atom. The number of esters is 1. The number of aromatic nitrogens is 2. The topological polar surface area (TPSA) is 94.3 Å². The van der Waals surface area contributed by atoms with Gasteiger partial charge in [-0.3, -0.25) is 10.1 Å². The molecule has 0 unspecified atom stereocenters. The van der Waals surface area contributed by atoms with Gasteiger partial charge in [-0.2, -0.15) is 0 Å². The highest BCUT2D eigenvalue weighted by Gasteiger charge is 2.13. The van der Waals surface area contributed by atoms with Gasteiger partial charge in [0.25, 0.3) is 5.91 Å². The molecule has 1 aromatic heterocycles. The summed E-state index contributed by atoms with van der Waals surface area (Å²) in [7, 11) is 0. The van der Waals surface area contributed by atoms with Gasteiger partial charge in [0.05, 0.1) is 12.2 Å². The maximum atomic E-state index is 12.1. The Hall–Kier alpha value is -3.48. The van der Waals surface area contributed by atoms with Crippen molar-refractivity contribution < 1.29 is 18.7 Å². The Balaban J connectivity index is 1.71. The van der Waals surface area contributed by atoms with Crippen LogP contribution in [0.3, 0.4) is 0 Å². The van der Waals surface area contributed by atoms with Gasteiger partial charge in [0.15, 0.2) is 0 Å². The largest absolute Gasteiger partial charge is 0.462 e. The van der Waals surface area contributed by atoms with Crippen molar-refractivity contribution in [3.05, 3.63) is 65.7 Å². The van der Waals surface area contributed by atoms with Crippen molar-refractivity contribution in [3.8, 4) is 11.5 Å². The maximum absolute atomic E-state index is 12.1. The SMILES string of the molecule is CCOC(=O)c1ccc(-c2nnc(NC(=O)c3ccccc3)o2)cc1. The summed E-state index contributed by atoms with van der Waals surface area (Å²) in [6.45, 7) is 2.06. The van der Waals surface area contributed by atoms with Gasteiger partial charge in [-0.25, -0.2) is 4.79 Å². The minimum Gasteiger partial charge on any atom is -0.462 e. The first-order chi connectivity index (χ1) is 12.2. The highest BCUT2D eigenvalue weighted by atomic mass is 16.5. The molecule has 0 fully saturated rings. The average molecular weight is 337 g/mol. The van der Waals surface area contributed by atoms with E-state index in [4.69, 9.17) is 9.15 Å². The average Bonchev–Trinajstić information content (AvgIpc) is 3.11. The van der Waals surface area contributed by atoms with E-state index in [1.807, 2.05) is 6.07 Å². The number of nitrogens with zero attached hydrogens (tertiary/aromatic N) is 2. The Morgan fingerprint density at radius 1 is 1.00 bits per heavy atom. The van der Waals surface area contributed by atoms with E-state index in [9.17, 15) is 9.59 Å². The first kappa shape index (κ1) is 16.4. The Morgan fingerprint density at radius 2 is 1.72 bits per heavy atom. The summed E-state index contributed by atoms with van der Waals surface area (Å²) in [6.07, 6.45) is 0. The molecule has 126 valence electrons. The van der Waals surface area contributed by atoms with E-state index in [1.165, 1.54) is 0 Å². The fourth-order valence-electron chi connectivity index (χ4n) is 2.11. The molecule has 3 rings (SSSR count). The van der Waals surface area contributed by atoms with Crippen LogP contribution in [-0.4, -0.2) is 28.7 Å². The van der Waals surface area contributed by atoms with E-state index in [-0.39, 0.29) is 17.8 Å². The van der Waals surface area contributed by atoms with E-state index >= 15 is 0 Å². The molecule has 0 saturated carbocycles. The van der Waals surface area contributed by atoms with Crippen LogP contribution in [-0.2, 0) is 4.74 Å². The lowest BCUT2D eigenvalue weighted by molar-refractivity contribution is 0.0526. The summed E-state index contributed by atoms with van der Waals surface area (Å²) in [5.74, 6) is -0.498. The number of anilines is 1. The predicted molar refractivity (Wildman–Crippen MR) is 90.1 cm³/mol. The molecule has 1 N–H and O–H groups in total. The second kappa shape index (κ2) is 7.39. The van der Waals surface area contributed by atoms with E-state index in [1.54, 1.807) is 55.5 Å². The highest BCUT2D eigenvalue weighted by Crippen LogP contribution is 2.21. The number of rotatable bonds is 5. The number of nitrogens with one attached hydrogen (secondary N) is 1. The van der Waals surface area contributed by atoms with Crippen LogP contribution in [0.4, 0.5) is 6.01 Å². The fraction of sp³-hybridized carbons (Fsp3) is 0.111. The molecule has 7 heteroatoms. The lowest BCUT2D eigenvalue weighted by Gasteiger charge is -2.02. The van der Waals surface area contributed by atoms with E-state index in [0.717, 1.165) is 0 Å². The molecule has 0 spiro atoms. The van der Waals surface area contributed by atoms with Crippen LogP contribution in [0.2, 0.25) is 0 Å². The van der Waals surface area contributed by atoms with Crippen molar-refractivity contribution in [2.45, 2.75) is 6.92 Å². The number of amides is 1. The van der Waals surface area contributed by atoms with Gasteiger partial charge in [0.2, 0.25) is 5.89 Å². The first-order valence-corrected chi connectivity index (χ1v) is 7.65. The molecule has 2 aromatic carbocycles. The van der Waals surface area contributed by atoms with Crippen LogP contribution < -0.4 is 5.32 Å². The standard InChI is InChI=1S/C18H15N3O4/c1-2-24-17(23)14-10-8-13(9-11-14)16-20-21-18(25-16)19-15(22)12-6-4-3-5-7-12/h3-11H,2H2,1H3,(H,19,21,22). The van der Waals surface area contributed by atoms with Gasteiger partial charge in [-0.05, 0) is 43.3 Å². The smallest absolute Gasteiger partial charge is 0.338 e. The van der Waals surface area contributed by atoms with Crippen molar-refractivity contribution in [1.82, 2.24) is 10.2 Å². The minimum absolute atomic E-state index is 0.00155. The van der Waals surface area contributed by atoms with Gasteiger partial charge < -0.3 is 9.15 Å². The quantitative estimate of drug-likeness (QED) is 0.719. The number of benzene rings is 2. The monoisotopic (exact) mass is 337 g/mol. The third-order valence-corrected chi connectivity index (χ3v) is 3.32. The summed E-state index contributed by atoms with van der Waals surface area (Å²) in [5, 5.41) is 10.2. The molecule has 0 saturated heterocycles. The second-order valence-electron chi connectivity index (χ2n) is 5.03. The predicted octanol–water partition coefficient (Wildman–Crippen LogP) is 3.17. The highest BCUT2D eigenvalue weighted by molar-refractivity contribution is 6.03. The lowest BCUT2D eigenvalue weighted by Crippen LogP contribution is -2.11. The van der Waals surface area contributed by atoms with E-state index < -0.39 is 5.97 Å². The van der Waals surface area contributed by atoms with Crippen molar-refractivity contribution in [2.24, 2.45) is 0 Å². The maximum Gasteiger partial charge on any atom is 0.338 e. The fourth-order valence-corrected chi connectivity index (χ4v) is 2.11. The number of ether oxygens (including phenoxy) is 1. The lowest BCUT2D eigenvalue weighted by atomic mass is 10.1. The summed E-state index contributed by atoms with van der Waals surface area (Å²) < 4.78 is 10.4. The first-order valence-electron chi connectivity index (χ1n) is 7.65. The van der Waals surface area contributed by atoms with Crippen molar-refractivity contribution in [2.75, 3.05) is 11.9 Å². The summed E-state index contributed by atoms with van der Waals surface area (Å²) in [6, 6.07) is 15.3. The Bertz CT molecular complexity index is 873. The molecule has 25 heavy (non-hydrogen) atoms. The molecular weight excluding hydrogens is 322 g/mol. The van der Waals surface area contributed by atoms with Gasteiger partial charge in [-0.1, -0.05) is 23.3 Å². The van der Waals surface area contributed by atoms with E-state index in [2.05, 4.69) is 15.5 Å². The van der Waals surface area contributed by atoms with Gasteiger partial charge in [-0.15, -0.1) is 5.10 Å². The Kier molecular flexibility index (Phi) is 4.84. The van der Waals surface area contributed by atoms with Crippen molar-refractivity contribution in [1.29, 1.82) is 0 Å². The van der Waals surface area contributed by atoms with Crippen LogP contribution in [0, 0.1) is 0 Å². The zero-order valence-corrected chi connectivity index (χ0v) is 13.4. The summed E-state index contributed by atoms with van der Waals surface area (Å²) in [5.41, 5.74) is 1.55. The van der Waals surface area contributed by atoms with Crippen LogP contribution >= 0.6 is 0 Å². The van der Waals surface area contributed by atoms with Crippen LogP contribution in [0.1, 0.15) is 27.6 Å². The molecule has 0 aliphatic carbocycles. The summed E-state index contributed by atoms with van der Waals surface area (Å²) >= 11 is 0. The van der Waals surface area contributed by atoms with Gasteiger partial charge in [0, 0.05) is 11.1 Å². The number of carbonyl (C=O) groups excluding carboxylic acids is 2. The molecule has 1 heterocycles. The molecule has 0 aliphatic rings. The number of hydrogen-bond acceptors (Lipinski definition) is 6. The third-order valence-electron chi connectivity index (χ3n) is 3.32. The molecule has 0 atom stereocenters. The van der Waals surface area contributed by atoms with Crippen LogP contribution in [0.5, 0.6) is 0 Å². The molecule has 0 bridgehead atoms. The molecule has 0 radical (unpaired) electrons. The molecule has 1 amide bonds. The van der Waals surface area contributed by atoms with Crippen LogP contribution in [0.15, 0.2) is 59.0 Å². The number of hydrogen-bond donors (Lipinski definition) is 1. The van der Waals surface area contributed by atoms with Crippen LogP contribution in [0.25, 0.3) is 11.5 Å². The third kappa shape index (κ3) is 3.89. The minimum atomic E-state index is -0.393. The number of carbonyl (C=O) groups is 2. The molecule has 3 aromatic rings. The zero-order chi connectivity index (χ0) is 17.6. The Labute approximate surface area is 143 Å². The second-order valence-corrected chi connectivity index (χ2v) is 5.03. The molecule has 7 nitrogen and oxygen atoms in total. The van der Waals surface area contributed by atoms with E-state index in [0.29, 0.717) is 23.3 Å². The zero-order valence-electron chi connectivity index (χ0n) is 13.4. The van der Waals surface area contributed by atoms with Crippen molar-refractivity contribution >= 4 is 17.9 Å². The molecular formula is C18H15N3O4. The van der Waals surface area contributed by atoms with Crippen molar-refractivity contribution in [3.63, 3.8) is 0 Å². The normalized spacial score (nSPS) is 10.3. The molecule has 0 aliphatic heterocycles. The summed E-state index contributed by atoms with van der Waals surface area (Å²) in [4.78, 5) is 23.7. The van der Waals surface area contributed by atoms with Gasteiger partial charge in [0.1, 0.15) is 0 Å².